The number of ether oxygens (including phenoxy) is 2. The number of carbonyl (C=O) groups is 1. The van der Waals surface area contributed by atoms with Crippen LogP contribution in [0.5, 0.6) is 5.75 Å². The summed E-state index contributed by atoms with van der Waals surface area (Å²) in [6, 6.07) is 3.07. The predicted molar refractivity (Wildman–Crippen MR) is 71.7 cm³/mol. The lowest BCUT2D eigenvalue weighted by Crippen LogP contribution is -2.31. The van der Waals surface area contributed by atoms with Crippen LogP contribution < -0.4 is 4.74 Å². The number of methoxy groups -OCH3 is 1. The fraction of sp³-hybridized carbons (Fsp3) is 0.500. The Balaban J connectivity index is 2.26. The Labute approximate surface area is 116 Å². The smallest absolute Gasteiger partial charge is 0.347 e. The molecule has 1 atom stereocenters. The standard InChI is InChI=1S/C14H17NO5/c1-8-7-12(9(2)6-11(8)15(17)18)20-13(10-4-5-10)14(16)19-3/h6-7,10,13H,4-5H2,1-3H3. The minimum atomic E-state index is -0.625. The zero-order chi connectivity index (χ0) is 14.9. The minimum Gasteiger partial charge on any atom is -0.478 e. The van der Waals surface area contributed by atoms with Gasteiger partial charge in [0.25, 0.3) is 5.69 Å². The molecular weight excluding hydrogens is 262 g/mol. The van der Waals surface area contributed by atoms with Gasteiger partial charge in [-0.2, -0.15) is 0 Å². The van der Waals surface area contributed by atoms with Gasteiger partial charge < -0.3 is 9.47 Å². The third-order valence-corrected chi connectivity index (χ3v) is 3.43. The summed E-state index contributed by atoms with van der Waals surface area (Å²) in [7, 11) is 1.33. The zero-order valence-electron chi connectivity index (χ0n) is 11.7. The van der Waals surface area contributed by atoms with Crippen LogP contribution in [0.15, 0.2) is 12.1 Å². The van der Waals surface area contributed by atoms with E-state index < -0.39 is 17.0 Å². The number of aryl methyl sites for hydroxylation is 2. The molecule has 1 saturated carbocycles. The van der Waals surface area contributed by atoms with E-state index in [2.05, 4.69) is 0 Å². The summed E-state index contributed by atoms with van der Waals surface area (Å²) in [5, 5.41) is 10.9. The summed E-state index contributed by atoms with van der Waals surface area (Å²) < 4.78 is 10.5. The fourth-order valence-corrected chi connectivity index (χ4v) is 2.09. The molecule has 1 unspecified atom stereocenters. The first-order valence-corrected chi connectivity index (χ1v) is 6.44. The van der Waals surface area contributed by atoms with E-state index in [1.807, 2.05) is 0 Å². The first kappa shape index (κ1) is 14.3. The van der Waals surface area contributed by atoms with Crippen LogP contribution in [0.4, 0.5) is 5.69 Å². The molecule has 0 spiro atoms. The van der Waals surface area contributed by atoms with Crippen molar-refractivity contribution >= 4 is 11.7 Å². The van der Waals surface area contributed by atoms with E-state index in [1.165, 1.54) is 13.2 Å². The van der Waals surface area contributed by atoms with Crippen LogP contribution >= 0.6 is 0 Å². The molecule has 6 nitrogen and oxygen atoms in total. The summed E-state index contributed by atoms with van der Waals surface area (Å²) in [5.41, 5.74) is 1.20. The van der Waals surface area contributed by atoms with Gasteiger partial charge in [-0.1, -0.05) is 0 Å². The highest BCUT2D eigenvalue weighted by Crippen LogP contribution is 2.37. The van der Waals surface area contributed by atoms with Crippen LogP contribution in [0.3, 0.4) is 0 Å². The topological polar surface area (TPSA) is 78.7 Å². The van der Waals surface area contributed by atoms with Crippen molar-refractivity contribution in [2.45, 2.75) is 32.8 Å². The molecule has 0 N–H and O–H groups in total. The Morgan fingerprint density at radius 3 is 2.50 bits per heavy atom. The van der Waals surface area contributed by atoms with Crippen molar-refractivity contribution in [2.75, 3.05) is 7.11 Å². The maximum Gasteiger partial charge on any atom is 0.347 e. The number of nitrogens with zero attached hydrogens (tertiary/aromatic N) is 1. The van der Waals surface area contributed by atoms with Crippen molar-refractivity contribution in [1.29, 1.82) is 0 Å². The Hall–Kier alpha value is -2.11. The molecule has 0 radical (unpaired) electrons. The lowest BCUT2D eigenvalue weighted by atomic mass is 10.1. The van der Waals surface area contributed by atoms with Gasteiger partial charge in [-0.25, -0.2) is 4.79 Å². The maximum absolute atomic E-state index is 11.7. The van der Waals surface area contributed by atoms with E-state index in [1.54, 1.807) is 19.9 Å². The summed E-state index contributed by atoms with van der Waals surface area (Å²) in [4.78, 5) is 22.2. The van der Waals surface area contributed by atoms with E-state index in [4.69, 9.17) is 9.47 Å². The highest BCUT2D eigenvalue weighted by molar-refractivity contribution is 5.76. The van der Waals surface area contributed by atoms with Crippen molar-refractivity contribution in [1.82, 2.24) is 0 Å². The molecule has 1 aromatic carbocycles. The van der Waals surface area contributed by atoms with Gasteiger partial charge in [-0.05, 0) is 38.3 Å². The van der Waals surface area contributed by atoms with Crippen molar-refractivity contribution < 1.29 is 19.2 Å². The van der Waals surface area contributed by atoms with Gasteiger partial charge in [0.2, 0.25) is 0 Å². The molecule has 1 aliphatic rings. The number of hydrogen-bond donors (Lipinski definition) is 0. The van der Waals surface area contributed by atoms with Gasteiger partial charge in [0, 0.05) is 17.5 Å². The van der Waals surface area contributed by atoms with E-state index >= 15 is 0 Å². The third-order valence-electron chi connectivity index (χ3n) is 3.43. The lowest BCUT2D eigenvalue weighted by molar-refractivity contribution is -0.385. The van der Waals surface area contributed by atoms with Gasteiger partial charge in [0.05, 0.1) is 12.0 Å². The largest absolute Gasteiger partial charge is 0.478 e. The second-order valence-corrected chi connectivity index (χ2v) is 5.06. The number of hydrogen-bond acceptors (Lipinski definition) is 5. The van der Waals surface area contributed by atoms with Crippen molar-refractivity contribution in [3.8, 4) is 5.75 Å². The number of esters is 1. The third kappa shape index (κ3) is 2.89. The average Bonchev–Trinajstić information content (AvgIpc) is 3.22. The number of nitro benzene ring substituents is 1. The highest BCUT2D eigenvalue weighted by Gasteiger charge is 2.39. The number of benzene rings is 1. The van der Waals surface area contributed by atoms with E-state index in [0.29, 0.717) is 16.9 Å². The molecule has 0 saturated heterocycles. The maximum atomic E-state index is 11.7. The Kier molecular flexibility index (Phi) is 3.92. The number of carbonyl (C=O) groups excluding carboxylic acids is 1. The van der Waals surface area contributed by atoms with Crippen LogP contribution in [0.25, 0.3) is 0 Å². The van der Waals surface area contributed by atoms with Gasteiger partial charge in [0.1, 0.15) is 5.75 Å². The first-order chi connectivity index (χ1) is 9.43. The Morgan fingerprint density at radius 1 is 1.35 bits per heavy atom. The van der Waals surface area contributed by atoms with Crippen LogP contribution in [-0.4, -0.2) is 24.1 Å². The van der Waals surface area contributed by atoms with Crippen molar-refractivity contribution in [3.05, 3.63) is 33.4 Å². The number of rotatable bonds is 5. The second-order valence-electron chi connectivity index (χ2n) is 5.06. The van der Waals surface area contributed by atoms with Crippen molar-refractivity contribution in [2.24, 2.45) is 5.92 Å². The molecule has 1 aliphatic carbocycles. The second kappa shape index (κ2) is 5.48. The fourth-order valence-electron chi connectivity index (χ4n) is 2.09. The molecule has 0 bridgehead atoms. The molecule has 0 aliphatic heterocycles. The average molecular weight is 279 g/mol. The van der Waals surface area contributed by atoms with Crippen molar-refractivity contribution in [3.63, 3.8) is 0 Å². The van der Waals surface area contributed by atoms with E-state index in [9.17, 15) is 14.9 Å². The molecule has 1 aromatic rings. The minimum absolute atomic E-state index is 0.0517. The van der Waals surface area contributed by atoms with Crippen LogP contribution in [0.1, 0.15) is 24.0 Å². The molecule has 20 heavy (non-hydrogen) atoms. The highest BCUT2D eigenvalue weighted by atomic mass is 16.6. The SMILES string of the molecule is COC(=O)C(Oc1cc(C)c([N+](=O)[O-])cc1C)C1CC1. The predicted octanol–water partition coefficient (Wildman–Crippen LogP) is 2.54. The molecule has 6 heteroatoms. The van der Waals surface area contributed by atoms with Gasteiger partial charge >= 0.3 is 5.97 Å². The van der Waals surface area contributed by atoms with Gasteiger partial charge in [-0.15, -0.1) is 0 Å². The van der Waals surface area contributed by atoms with Gasteiger partial charge in [0.15, 0.2) is 6.10 Å². The molecule has 0 aromatic heterocycles. The quantitative estimate of drug-likeness (QED) is 0.470. The Bertz CT molecular complexity index is 551. The normalized spacial score (nSPS) is 15.6. The van der Waals surface area contributed by atoms with E-state index in [0.717, 1.165) is 12.8 Å². The van der Waals surface area contributed by atoms with Crippen LogP contribution in [-0.2, 0) is 9.53 Å². The molecule has 0 heterocycles. The molecule has 0 amide bonds. The summed E-state index contributed by atoms with van der Waals surface area (Å²) in [5.74, 6) is 0.274. The lowest BCUT2D eigenvalue weighted by Gasteiger charge is -2.18. The molecular formula is C14H17NO5. The summed E-state index contributed by atoms with van der Waals surface area (Å²) in [6.07, 6.45) is 1.25. The number of nitro groups is 1. The zero-order valence-corrected chi connectivity index (χ0v) is 11.7. The molecule has 108 valence electrons. The van der Waals surface area contributed by atoms with E-state index in [-0.39, 0.29) is 11.6 Å². The monoisotopic (exact) mass is 279 g/mol. The summed E-state index contributed by atoms with van der Waals surface area (Å²) >= 11 is 0. The molecule has 1 fully saturated rings. The van der Waals surface area contributed by atoms with Gasteiger partial charge in [-0.3, -0.25) is 10.1 Å². The van der Waals surface area contributed by atoms with Crippen LogP contribution in [0, 0.1) is 29.9 Å². The summed E-state index contributed by atoms with van der Waals surface area (Å²) in [6.45, 7) is 3.37. The first-order valence-electron chi connectivity index (χ1n) is 6.44. The Morgan fingerprint density at radius 2 is 2.00 bits per heavy atom. The van der Waals surface area contributed by atoms with Crippen LogP contribution in [0.2, 0.25) is 0 Å². The molecule has 2 rings (SSSR count).